The zero-order valence-electron chi connectivity index (χ0n) is 12.7. The first kappa shape index (κ1) is 16.6. The van der Waals surface area contributed by atoms with E-state index < -0.39 is 5.92 Å². The van der Waals surface area contributed by atoms with Gasteiger partial charge in [-0.25, -0.2) is 0 Å². The van der Waals surface area contributed by atoms with Crippen molar-refractivity contribution in [3.63, 3.8) is 0 Å². The molecule has 0 unspecified atom stereocenters. The molecule has 1 aliphatic heterocycles. The second-order valence-corrected chi connectivity index (χ2v) is 6.62. The van der Waals surface area contributed by atoms with E-state index in [4.69, 9.17) is 11.6 Å². The second-order valence-electron chi connectivity index (χ2n) is 6.18. The van der Waals surface area contributed by atoms with Crippen LogP contribution in [0.3, 0.4) is 0 Å². The quantitative estimate of drug-likeness (QED) is 0.745. The number of piperidine rings is 1. The third kappa shape index (κ3) is 4.37. The lowest BCUT2D eigenvalue weighted by atomic mass is 9.87. The van der Waals surface area contributed by atoms with Crippen LogP contribution in [0, 0.1) is 11.8 Å². The Hall–Kier alpha value is -1.75. The number of aromatic hydroxyl groups is 1. The van der Waals surface area contributed by atoms with E-state index in [1.807, 2.05) is 0 Å². The van der Waals surface area contributed by atoms with Gasteiger partial charge in [-0.3, -0.25) is 9.59 Å². The van der Waals surface area contributed by atoms with Crippen molar-refractivity contribution in [1.82, 2.24) is 5.32 Å². The minimum atomic E-state index is -0.393. The molecule has 6 heteroatoms. The highest BCUT2D eigenvalue weighted by Gasteiger charge is 2.31. The van der Waals surface area contributed by atoms with Crippen molar-refractivity contribution >= 4 is 29.1 Å². The fourth-order valence-electron chi connectivity index (χ4n) is 2.76. The second kappa shape index (κ2) is 7.01. The van der Waals surface area contributed by atoms with Crippen LogP contribution >= 0.6 is 11.6 Å². The van der Waals surface area contributed by atoms with Gasteiger partial charge in [0, 0.05) is 23.4 Å². The molecule has 0 aliphatic carbocycles. The van der Waals surface area contributed by atoms with Crippen LogP contribution < -0.4 is 10.6 Å². The number of anilines is 1. The Morgan fingerprint density at radius 3 is 2.91 bits per heavy atom. The zero-order valence-corrected chi connectivity index (χ0v) is 13.5. The molecule has 0 bridgehead atoms. The maximum atomic E-state index is 12.4. The Labute approximate surface area is 135 Å². The Bertz CT molecular complexity index is 575. The van der Waals surface area contributed by atoms with Gasteiger partial charge in [-0.15, -0.1) is 0 Å². The molecular formula is C16H21ClN2O3. The van der Waals surface area contributed by atoms with Crippen LogP contribution in [0.2, 0.25) is 5.02 Å². The number of hydrogen-bond donors (Lipinski definition) is 3. The molecule has 0 saturated carbocycles. The van der Waals surface area contributed by atoms with Gasteiger partial charge in [0.05, 0.1) is 5.69 Å². The monoisotopic (exact) mass is 324 g/mol. The predicted molar refractivity (Wildman–Crippen MR) is 85.9 cm³/mol. The van der Waals surface area contributed by atoms with Crippen molar-refractivity contribution < 1.29 is 14.7 Å². The van der Waals surface area contributed by atoms with E-state index >= 15 is 0 Å². The van der Waals surface area contributed by atoms with E-state index in [0.717, 1.165) is 6.42 Å². The third-order valence-electron chi connectivity index (χ3n) is 3.71. The van der Waals surface area contributed by atoms with E-state index in [0.29, 0.717) is 17.4 Å². The van der Waals surface area contributed by atoms with Gasteiger partial charge in [-0.2, -0.15) is 0 Å². The number of phenols is 1. The number of hydrogen-bond acceptors (Lipinski definition) is 3. The first-order valence-electron chi connectivity index (χ1n) is 7.44. The Morgan fingerprint density at radius 1 is 1.50 bits per heavy atom. The molecule has 3 N–H and O–H groups in total. The van der Waals surface area contributed by atoms with Crippen molar-refractivity contribution in [2.24, 2.45) is 11.8 Å². The largest absolute Gasteiger partial charge is 0.506 e. The molecule has 0 radical (unpaired) electrons. The van der Waals surface area contributed by atoms with Crippen LogP contribution in [0.25, 0.3) is 0 Å². The summed E-state index contributed by atoms with van der Waals surface area (Å²) >= 11 is 5.86. The molecule has 1 aromatic carbocycles. The fourth-order valence-corrected chi connectivity index (χ4v) is 2.94. The number of phenolic OH excluding ortho intramolecular Hbond substituents is 1. The average molecular weight is 325 g/mol. The van der Waals surface area contributed by atoms with Crippen molar-refractivity contribution in [3.8, 4) is 5.75 Å². The number of rotatable bonds is 4. The van der Waals surface area contributed by atoms with Gasteiger partial charge in [-0.05, 0) is 37.0 Å². The van der Waals surface area contributed by atoms with E-state index in [-0.39, 0.29) is 35.7 Å². The molecule has 0 spiro atoms. The van der Waals surface area contributed by atoms with Crippen molar-refractivity contribution in [1.29, 1.82) is 0 Å². The number of amides is 2. The first-order valence-corrected chi connectivity index (χ1v) is 7.81. The maximum absolute atomic E-state index is 12.4. The summed E-state index contributed by atoms with van der Waals surface area (Å²) in [7, 11) is 0. The number of benzene rings is 1. The molecule has 1 aromatic rings. The van der Waals surface area contributed by atoms with Gasteiger partial charge >= 0.3 is 0 Å². The molecule has 1 saturated heterocycles. The highest BCUT2D eigenvalue weighted by Crippen LogP contribution is 2.29. The molecular weight excluding hydrogens is 304 g/mol. The fraction of sp³-hybridized carbons (Fsp3) is 0.500. The normalized spacial score (nSPS) is 21.5. The van der Waals surface area contributed by atoms with Crippen LogP contribution in [0.4, 0.5) is 5.69 Å². The lowest BCUT2D eigenvalue weighted by molar-refractivity contribution is -0.131. The maximum Gasteiger partial charge on any atom is 0.228 e. The van der Waals surface area contributed by atoms with Crippen LogP contribution in [-0.4, -0.2) is 23.0 Å². The first-order chi connectivity index (χ1) is 10.3. The summed E-state index contributed by atoms with van der Waals surface area (Å²) in [4.78, 5) is 24.1. The van der Waals surface area contributed by atoms with Crippen LogP contribution in [-0.2, 0) is 9.59 Å². The SMILES string of the molecule is CC(C)C[C@H]1C[C@@H](C(=O)Nc2cc(Cl)ccc2O)CC(=O)N1. The average Bonchev–Trinajstić information content (AvgIpc) is 2.41. The molecule has 0 aromatic heterocycles. The zero-order chi connectivity index (χ0) is 16.3. The van der Waals surface area contributed by atoms with Crippen LogP contribution in [0.5, 0.6) is 5.75 Å². The molecule has 1 fully saturated rings. The summed E-state index contributed by atoms with van der Waals surface area (Å²) in [5.41, 5.74) is 0.267. The van der Waals surface area contributed by atoms with Crippen LogP contribution in [0.15, 0.2) is 18.2 Å². The van der Waals surface area contributed by atoms with Gasteiger partial charge in [0.2, 0.25) is 11.8 Å². The number of nitrogens with one attached hydrogen (secondary N) is 2. The van der Waals surface area contributed by atoms with Crippen LogP contribution in [0.1, 0.15) is 33.1 Å². The third-order valence-corrected chi connectivity index (χ3v) is 3.94. The number of carbonyl (C=O) groups excluding carboxylic acids is 2. The van der Waals surface area contributed by atoms with Gasteiger partial charge in [0.1, 0.15) is 5.75 Å². The smallest absolute Gasteiger partial charge is 0.228 e. The summed E-state index contributed by atoms with van der Waals surface area (Å²) in [6.45, 7) is 4.17. The van der Waals surface area contributed by atoms with E-state index in [9.17, 15) is 14.7 Å². The van der Waals surface area contributed by atoms with E-state index in [1.54, 1.807) is 6.07 Å². The predicted octanol–water partition coefficient (Wildman–Crippen LogP) is 2.93. The van der Waals surface area contributed by atoms with Gasteiger partial charge in [0.15, 0.2) is 0 Å². The standard InChI is InChI=1S/C16H21ClN2O3/c1-9(2)5-12-6-10(7-15(21)18-12)16(22)19-13-8-11(17)3-4-14(13)20/h3-4,8-10,12,20H,5-7H2,1-2H3,(H,18,21)(H,19,22)/t10-,12+/m1/s1. The van der Waals surface area contributed by atoms with Crippen molar-refractivity contribution in [2.45, 2.75) is 39.2 Å². The summed E-state index contributed by atoms with van der Waals surface area (Å²) < 4.78 is 0. The summed E-state index contributed by atoms with van der Waals surface area (Å²) in [6.07, 6.45) is 1.62. The molecule has 22 heavy (non-hydrogen) atoms. The molecule has 5 nitrogen and oxygen atoms in total. The highest BCUT2D eigenvalue weighted by molar-refractivity contribution is 6.31. The molecule has 1 aliphatic rings. The summed E-state index contributed by atoms with van der Waals surface area (Å²) in [6, 6.07) is 4.47. The lowest BCUT2D eigenvalue weighted by Crippen LogP contribution is -2.46. The topological polar surface area (TPSA) is 78.4 Å². The van der Waals surface area contributed by atoms with Crippen molar-refractivity contribution in [2.75, 3.05) is 5.32 Å². The summed E-state index contributed by atoms with van der Waals surface area (Å²) in [5.74, 6) is -0.356. The number of carbonyl (C=O) groups is 2. The number of halogens is 1. The minimum Gasteiger partial charge on any atom is -0.506 e. The summed E-state index contributed by atoms with van der Waals surface area (Å²) in [5, 5.41) is 15.8. The molecule has 1 heterocycles. The molecule has 120 valence electrons. The molecule has 2 rings (SSSR count). The van der Waals surface area contributed by atoms with E-state index in [1.165, 1.54) is 12.1 Å². The molecule has 2 atom stereocenters. The molecule has 2 amide bonds. The highest BCUT2D eigenvalue weighted by atomic mass is 35.5. The Morgan fingerprint density at radius 2 is 2.23 bits per heavy atom. The van der Waals surface area contributed by atoms with Gasteiger partial charge in [0.25, 0.3) is 0 Å². The van der Waals surface area contributed by atoms with Crippen molar-refractivity contribution in [3.05, 3.63) is 23.2 Å². The lowest BCUT2D eigenvalue weighted by Gasteiger charge is -2.30. The Kier molecular flexibility index (Phi) is 5.29. The van der Waals surface area contributed by atoms with E-state index in [2.05, 4.69) is 24.5 Å². The minimum absolute atomic E-state index is 0.0185. The Balaban J connectivity index is 2.04. The van der Waals surface area contributed by atoms with Gasteiger partial charge < -0.3 is 15.7 Å². The van der Waals surface area contributed by atoms with Gasteiger partial charge in [-0.1, -0.05) is 25.4 Å².